The molecule has 1 N–H and O–H groups in total. The Labute approximate surface area is 218 Å². The summed E-state index contributed by atoms with van der Waals surface area (Å²) in [5.74, 6) is 0.664. The van der Waals surface area contributed by atoms with Crippen LogP contribution >= 0.6 is 15.9 Å². The highest BCUT2D eigenvalue weighted by molar-refractivity contribution is 9.10. The molecule has 3 aromatic rings. The van der Waals surface area contributed by atoms with Crippen LogP contribution in [0, 0.1) is 11.7 Å². The first-order chi connectivity index (χ1) is 17.5. The van der Waals surface area contributed by atoms with Gasteiger partial charge >= 0.3 is 5.69 Å². The Morgan fingerprint density at radius 2 is 1.64 bits per heavy atom. The topological polar surface area (TPSA) is 61.3 Å². The van der Waals surface area contributed by atoms with Crippen molar-refractivity contribution in [1.82, 2.24) is 14.5 Å². The molecule has 0 aliphatic carbocycles. The molecule has 5 rings (SSSR count). The third-order valence-corrected chi connectivity index (χ3v) is 8.30. The van der Waals surface area contributed by atoms with Crippen molar-refractivity contribution in [2.24, 2.45) is 5.92 Å². The number of piperidine rings is 2. The molecule has 6 nitrogen and oxygen atoms in total. The number of rotatable bonds is 6. The quantitative estimate of drug-likeness (QED) is 0.470. The molecule has 0 amide bonds. The van der Waals surface area contributed by atoms with Gasteiger partial charge in [-0.25, -0.2) is 9.18 Å². The third-order valence-electron chi connectivity index (χ3n) is 7.77. The van der Waals surface area contributed by atoms with Crippen LogP contribution < -0.4 is 16.1 Å². The number of nitrogens with one attached hydrogen (secondary N) is 1. The van der Waals surface area contributed by atoms with E-state index >= 15 is 0 Å². The minimum Gasteiger partial charge on any atom is -0.372 e. The zero-order chi connectivity index (χ0) is 25.1. The Balaban J connectivity index is 1.09. The SMILES string of the molecule is O=c1ccn(-c2ccc(C3CCN(CCC4CCN(c5ccc(Br)cc5)CC4)CC3)cc2F)c(=O)[nH]1. The molecule has 0 radical (unpaired) electrons. The number of likely N-dealkylation sites (tertiary alicyclic amines) is 1. The Morgan fingerprint density at radius 1 is 0.917 bits per heavy atom. The lowest BCUT2D eigenvalue weighted by Gasteiger charge is -2.36. The zero-order valence-electron chi connectivity index (χ0n) is 20.3. The molecule has 0 bridgehead atoms. The summed E-state index contributed by atoms with van der Waals surface area (Å²) in [4.78, 5) is 30.5. The molecule has 190 valence electrons. The predicted octanol–water partition coefficient (Wildman–Crippen LogP) is 4.91. The Morgan fingerprint density at radius 3 is 2.31 bits per heavy atom. The van der Waals surface area contributed by atoms with E-state index in [9.17, 15) is 14.0 Å². The molecule has 2 aromatic carbocycles. The van der Waals surface area contributed by atoms with Gasteiger partial charge in [-0.05, 0) is 106 Å². The number of nitrogens with zero attached hydrogens (tertiary/aromatic N) is 3. The Kier molecular flexibility index (Phi) is 7.72. The summed E-state index contributed by atoms with van der Waals surface area (Å²) in [7, 11) is 0. The normalized spacial score (nSPS) is 18.0. The van der Waals surface area contributed by atoms with Crippen molar-refractivity contribution in [1.29, 1.82) is 0 Å². The van der Waals surface area contributed by atoms with Crippen molar-refractivity contribution in [3.05, 3.63) is 91.4 Å². The van der Waals surface area contributed by atoms with E-state index < -0.39 is 17.1 Å². The fourth-order valence-corrected chi connectivity index (χ4v) is 5.83. The summed E-state index contributed by atoms with van der Waals surface area (Å²) in [6, 6.07) is 14.9. The summed E-state index contributed by atoms with van der Waals surface area (Å²) < 4.78 is 17.1. The fraction of sp³-hybridized carbons (Fsp3) is 0.429. The molecule has 2 aliphatic heterocycles. The molecule has 36 heavy (non-hydrogen) atoms. The van der Waals surface area contributed by atoms with Crippen molar-refractivity contribution in [2.45, 2.75) is 38.0 Å². The van der Waals surface area contributed by atoms with E-state index in [1.807, 2.05) is 6.07 Å². The van der Waals surface area contributed by atoms with E-state index in [1.165, 1.54) is 37.2 Å². The molecule has 0 unspecified atom stereocenters. The van der Waals surface area contributed by atoms with Crippen LogP contribution in [0.2, 0.25) is 0 Å². The molecule has 1 aromatic heterocycles. The van der Waals surface area contributed by atoms with Gasteiger partial charge in [0.05, 0.1) is 5.69 Å². The van der Waals surface area contributed by atoms with Gasteiger partial charge in [0.15, 0.2) is 0 Å². The van der Waals surface area contributed by atoms with Crippen molar-refractivity contribution < 1.29 is 4.39 Å². The average Bonchev–Trinajstić information content (AvgIpc) is 2.89. The highest BCUT2D eigenvalue weighted by Gasteiger charge is 2.24. The second kappa shape index (κ2) is 11.1. The highest BCUT2D eigenvalue weighted by atomic mass is 79.9. The van der Waals surface area contributed by atoms with E-state index in [-0.39, 0.29) is 5.69 Å². The standard InChI is InChI=1S/C28H32BrFN4O2/c29-23-2-4-24(5-3-23)33-16-8-20(9-17-33)7-13-32-14-10-21(11-15-32)22-1-6-26(25(30)19-22)34-18-12-27(35)31-28(34)36/h1-6,12,18-21H,7-11,13-17H2,(H,31,35,36). The molecule has 3 heterocycles. The van der Waals surface area contributed by atoms with Crippen LogP contribution in [0.3, 0.4) is 0 Å². The molecule has 8 heteroatoms. The molecular weight excluding hydrogens is 523 g/mol. The van der Waals surface area contributed by atoms with Crippen LogP contribution in [0.4, 0.5) is 10.1 Å². The van der Waals surface area contributed by atoms with Gasteiger partial charge in [-0.3, -0.25) is 14.3 Å². The summed E-state index contributed by atoms with van der Waals surface area (Å²) >= 11 is 3.51. The Hall–Kier alpha value is -2.71. The third kappa shape index (κ3) is 5.81. The van der Waals surface area contributed by atoms with Gasteiger partial charge in [-0.15, -0.1) is 0 Å². The number of aromatic amines is 1. The second-order valence-corrected chi connectivity index (χ2v) is 10.9. The van der Waals surface area contributed by atoms with Gasteiger partial charge < -0.3 is 9.80 Å². The smallest absolute Gasteiger partial charge is 0.333 e. The fourth-order valence-electron chi connectivity index (χ4n) is 5.57. The monoisotopic (exact) mass is 554 g/mol. The number of hydrogen-bond acceptors (Lipinski definition) is 4. The zero-order valence-corrected chi connectivity index (χ0v) is 21.9. The number of H-pyrrole nitrogens is 1. The van der Waals surface area contributed by atoms with Crippen LogP contribution in [0.25, 0.3) is 5.69 Å². The minimum absolute atomic E-state index is 0.156. The van der Waals surface area contributed by atoms with E-state index in [0.717, 1.165) is 66.1 Å². The highest BCUT2D eigenvalue weighted by Crippen LogP contribution is 2.31. The van der Waals surface area contributed by atoms with Crippen molar-refractivity contribution >= 4 is 21.6 Å². The molecule has 0 saturated carbocycles. The first-order valence-corrected chi connectivity index (χ1v) is 13.6. The lowest BCUT2D eigenvalue weighted by atomic mass is 9.88. The van der Waals surface area contributed by atoms with Crippen LogP contribution in [0.15, 0.2) is 68.8 Å². The molecular formula is C28H32BrFN4O2. The maximum atomic E-state index is 14.9. The molecule has 0 spiro atoms. The summed E-state index contributed by atoms with van der Waals surface area (Å²) in [5, 5.41) is 0. The van der Waals surface area contributed by atoms with Crippen LogP contribution in [0.1, 0.15) is 43.6 Å². The first kappa shape index (κ1) is 25.0. The van der Waals surface area contributed by atoms with Gasteiger partial charge in [0.2, 0.25) is 0 Å². The lowest BCUT2D eigenvalue weighted by Crippen LogP contribution is -2.37. The summed E-state index contributed by atoms with van der Waals surface area (Å²) in [5.41, 5.74) is 1.32. The van der Waals surface area contributed by atoms with Crippen molar-refractivity contribution in [3.8, 4) is 5.69 Å². The maximum Gasteiger partial charge on any atom is 0.333 e. The molecule has 2 fully saturated rings. The number of aromatic nitrogens is 2. The van der Waals surface area contributed by atoms with E-state index in [1.54, 1.807) is 12.1 Å². The van der Waals surface area contributed by atoms with Crippen LogP contribution in [-0.4, -0.2) is 47.2 Å². The number of anilines is 1. The van der Waals surface area contributed by atoms with E-state index in [4.69, 9.17) is 0 Å². The van der Waals surface area contributed by atoms with Gasteiger partial charge in [0, 0.05) is 35.5 Å². The summed E-state index contributed by atoms with van der Waals surface area (Å²) in [6.45, 7) is 5.46. The van der Waals surface area contributed by atoms with Crippen LogP contribution in [0.5, 0.6) is 0 Å². The lowest BCUT2D eigenvalue weighted by molar-refractivity contribution is 0.192. The number of benzene rings is 2. The van der Waals surface area contributed by atoms with Crippen molar-refractivity contribution in [2.75, 3.05) is 37.6 Å². The average molecular weight is 555 g/mol. The molecule has 2 aliphatic rings. The van der Waals surface area contributed by atoms with Crippen LogP contribution in [-0.2, 0) is 0 Å². The first-order valence-electron chi connectivity index (χ1n) is 12.8. The van der Waals surface area contributed by atoms with Gasteiger partial charge in [0.1, 0.15) is 5.82 Å². The second-order valence-electron chi connectivity index (χ2n) is 10.0. The molecule has 0 atom stereocenters. The minimum atomic E-state index is -0.638. The molecule has 2 saturated heterocycles. The largest absolute Gasteiger partial charge is 0.372 e. The number of halogens is 2. The van der Waals surface area contributed by atoms with E-state index in [2.05, 4.69) is 55.0 Å². The Bertz CT molecular complexity index is 1290. The van der Waals surface area contributed by atoms with Gasteiger partial charge in [-0.2, -0.15) is 0 Å². The van der Waals surface area contributed by atoms with E-state index in [0.29, 0.717) is 5.92 Å². The van der Waals surface area contributed by atoms with Gasteiger partial charge in [-0.1, -0.05) is 22.0 Å². The number of hydrogen-bond donors (Lipinski definition) is 1. The predicted molar refractivity (Wildman–Crippen MR) is 145 cm³/mol. The summed E-state index contributed by atoms with van der Waals surface area (Å²) in [6.07, 6.45) is 7.07. The van der Waals surface area contributed by atoms with Gasteiger partial charge in [0.25, 0.3) is 5.56 Å². The maximum absolute atomic E-state index is 14.9. The van der Waals surface area contributed by atoms with Crippen molar-refractivity contribution in [3.63, 3.8) is 0 Å².